The quantitative estimate of drug-likeness (QED) is 0.603. The summed E-state index contributed by atoms with van der Waals surface area (Å²) in [6.45, 7) is 6.38. The molecule has 0 amide bonds. The van der Waals surface area contributed by atoms with Gasteiger partial charge in [0, 0.05) is 24.4 Å². The van der Waals surface area contributed by atoms with Crippen molar-refractivity contribution in [2.45, 2.75) is 33.3 Å². The lowest BCUT2D eigenvalue weighted by molar-refractivity contribution is -0.384. The van der Waals surface area contributed by atoms with Crippen molar-refractivity contribution in [3.05, 3.63) is 33.9 Å². The Kier molecular flexibility index (Phi) is 5.09. The first-order valence-electron chi connectivity index (χ1n) is 6.07. The zero-order valence-corrected chi connectivity index (χ0v) is 11.0. The molecule has 1 aromatic carbocycles. The summed E-state index contributed by atoms with van der Waals surface area (Å²) in [6.07, 6.45) is 0.332. The molecule has 0 saturated heterocycles. The van der Waals surface area contributed by atoms with Crippen LogP contribution >= 0.6 is 0 Å². The number of hydrogen-bond donors (Lipinski definition) is 2. The summed E-state index contributed by atoms with van der Waals surface area (Å²) in [6, 6.07) is 4.66. The predicted octanol–water partition coefficient (Wildman–Crippen LogP) is 2.72. The number of aliphatic hydroxyl groups excluding tert-OH is 1. The molecule has 1 rings (SSSR count). The van der Waals surface area contributed by atoms with Crippen molar-refractivity contribution in [3.63, 3.8) is 0 Å². The molecular weight excluding hydrogens is 232 g/mol. The molecule has 0 spiro atoms. The highest BCUT2D eigenvalue weighted by atomic mass is 16.6. The fourth-order valence-corrected chi connectivity index (χ4v) is 1.82. The van der Waals surface area contributed by atoms with Gasteiger partial charge >= 0.3 is 0 Å². The van der Waals surface area contributed by atoms with Gasteiger partial charge in [-0.2, -0.15) is 0 Å². The van der Waals surface area contributed by atoms with E-state index in [1.165, 1.54) is 12.1 Å². The van der Waals surface area contributed by atoms with Crippen molar-refractivity contribution in [1.29, 1.82) is 0 Å². The number of nitrogens with zero attached hydrogens (tertiary/aromatic N) is 1. The Hall–Kier alpha value is -1.62. The van der Waals surface area contributed by atoms with Crippen LogP contribution in [0.1, 0.15) is 25.8 Å². The van der Waals surface area contributed by atoms with Gasteiger partial charge in [0.05, 0.1) is 11.0 Å². The summed E-state index contributed by atoms with van der Waals surface area (Å²) >= 11 is 0. The number of aliphatic hydroxyl groups is 1. The minimum absolute atomic E-state index is 0.0841. The Bertz CT molecular complexity index is 419. The van der Waals surface area contributed by atoms with Gasteiger partial charge in [0.2, 0.25) is 0 Å². The van der Waals surface area contributed by atoms with Gasteiger partial charge in [0.15, 0.2) is 0 Å². The van der Waals surface area contributed by atoms with Crippen LogP contribution in [0, 0.1) is 23.0 Å². The van der Waals surface area contributed by atoms with Crippen molar-refractivity contribution < 1.29 is 10.0 Å². The monoisotopic (exact) mass is 252 g/mol. The summed E-state index contributed by atoms with van der Waals surface area (Å²) in [5.41, 5.74) is 1.71. The maximum Gasteiger partial charge on any atom is 0.269 e. The second-order valence-corrected chi connectivity index (χ2v) is 4.92. The molecule has 0 heterocycles. The van der Waals surface area contributed by atoms with Crippen molar-refractivity contribution >= 4 is 11.4 Å². The first-order chi connectivity index (χ1) is 8.40. The van der Waals surface area contributed by atoms with E-state index in [2.05, 4.69) is 19.2 Å². The average molecular weight is 252 g/mol. The molecule has 0 aliphatic carbocycles. The third kappa shape index (κ3) is 4.33. The van der Waals surface area contributed by atoms with Crippen LogP contribution in [-0.2, 0) is 0 Å². The molecule has 0 radical (unpaired) electrons. The zero-order valence-electron chi connectivity index (χ0n) is 11.0. The second-order valence-electron chi connectivity index (χ2n) is 4.92. The summed E-state index contributed by atoms with van der Waals surface area (Å²) in [7, 11) is 0. The van der Waals surface area contributed by atoms with Crippen LogP contribution in [0.4, 0.5) is 11.4 Å². The standard InChI is InChI=1S/C13H20N2O3/c1-9(2)6-12(16)8-14-13-5-4-11(15(17)18)7-10(13)3/h4-5,7,9,12,14,16H,6,8H2,1-3H3. The molecule has 0 aliphatic heterocycles. The summed E-state index contributed by atoms with van der Waals surface area (Å²) in [4.78, 5) is 10.2. The highest BCUT2D eigenvalue weighted by molar-refractivity contribution is 5.55. The Balaban J connectivity index is 2.60. The van der Waals surface area contributed by atoms with Crippen LogP contribution in [-0.4, -0.2) is 22.7 Å². The number of rotatable bonds is 6. The van der Waals surface area contributed by atoms with Gasteiger partial charge in [-0.3, -0.25) is 10.1 Å². The van der Waals surface area contributed by atoms with Crippen LogP contribution < -0.4 is 5.32 Å². The molecule has 0 bridgehead atoms. The maximum atomic E-state index is 10.6. The number of aryl methyl sites for hydroxylation is 1. The zero-order chi connectivity index (χ0) is 13.7. The average Bonchev–Trinajstić information content (AvgIpc) is 2.26. The van der Waals surface area contributed by atoms with Gasteiger partial charge in [-0.15, -0.1) is 0 Å². The van der Waals surface area contributed by atoms with E-state index in [9.17, 15) is 15.2 Å². The first-order valence-corrected chi connectivity index (χ1v) is 6.07. The van der Waals surface area contributed by atoms with E-state index in [0.717, 1.165) is 17.7 Å². The van der Waals surface area contributed by atoms with Crippen LogP contribution in [0.3, 0.4) is 0 Å². The van der Waals surface area contributed by atoms with Crippen molar-refractivity contribution in [2.24, 2.45) is 5.92 Å². The van der Waals surface area contributed by atoms with E-state index in [1.807, 2.05) is 6.92 Å². The van der Waals surface area contributed by atoms with E-state index in [0.29, 0.717) is 12.5 Å². The third-order valence-electron chi connectivity index (χ3n) is 2.69. The largest absolute Gasteiger partial charge is 0.391 e. The van der Waals surface area contributed by atoms with Crippen molar-refractivity contribution in [2.75, 3.05) is 11.9 Å². The fraction of sp³-hybridized carbons (Fsp3) is 0.538. The number of non-ortho nitro benzene ring substituents is 1. The molecule has 1 unspecified atom stereocenters. The minimum atomic E-state index is -0.412. The van der Waals surface area contributed by atoms with Gasteiger partial charge in [-0.05, 0) is 30.9 Å². The van der Waals surface area contributed by atoms with Gasteiger partial charge in [-0.25, -0.2) is 0 Å². The number of nitro groups is 1. The van der Waals surface area contributed by atoms with E-state index in [1.54, 1.807) is 6.07 Å². The number of nitrogens with one attached hydrogen (secondary N) is 1. The molecule has 18 heavy (non-hydrogen) atoms. The van der Waals surface area contributed by atoms with Crippen molar-refractivity contribution in [3.8, 4) is 0 Å². The minimum Gasteiger partial charge on any atom is -0.391 e. The first kappa shape index (κ1) is 14.4. The Labute approximate surface area is 107 Å². The molecular formula is C13H20N2O3. The molecule has 100 valence electrons. The maximum absolute atomic E-state index is 10.6. The van der Waals surface area contributed by atoms with Crippen LogP contribution in [0.15, 0.2) is 18.2 Å². The fourth-order valence-electron chi connectivity index (χ4n) is 1.82. The Morgan fingerprint density at radius 3 is 2.61 bits per heavy atom. The Morgan fingerprint density at radius 2 is 2.11 bits per heavy atom. The molecule has 5 heteroatoms. The lowest BCUT2D eigenvalue weighted by Crippen LogP contribution is -2.21. The molecule has 0 fully saturated rings. The number of benzene rings is 1. The number of nitro benzene ring substituents is 1. The van der Waals surface area contributed by atoms with Crippen LogP contribution in [0.25, 0.3) is 0 Å². The molecule has 2 N–H and O–H groups in total. The lowest BCUT2D eigenvalue weighted by Gasteiger charge is -2.15. The molecule has 1 atom stereocenters. The topological polar surface area (TPSA) is 75.4 Å². The van der Waals surface area contributed by atoms with Crippen molar-refractivity contribution in [1.82, 2.24) is 0 Å². The smallest absolute Gasteiger partial charge is 0.269 e. The summed E-state index contributed by atoms with van der Waals surface area (Å²) < 4.78 is 0. The molecule has 1 aromatic rings. The van der Waals surface area contributed by atoms with E-state index in [4.69, 9.17) is 0 Å². The molecule has 5 nitrogen and oxygen atoms in total. The van der Waals surface area contributed by atoms with Gasteiger partial charge in [0.25, 0.3) is 5.69 Å². The second kappa shape index (κ2) is 6.35. The third-order valence-corrected chi connectivity index (χ3v) is 2.69. The summed E-state index contributed by atoms with van der Waals surface area (Å²) in [5.74, 6) is 0.444. The van der Waals surface area contributed by atoms with Gasteiger partial charge < -0.3 is 10.4 Å². The highest BCUT2D eigenvalue weighted by Crippen LogP contribution is 2.21. The molecule has 0 aromatic heterocycles. The van der Waals surface area contributed by atoms with Crippen LogP contribution in [0.5, 0.6) is 0 Å². The van der Waals surface area contributed by atoms with E-state index < -0.39 is 11.0 Å². The van der Waals surface area contributed by atoms with E-state index in [-0.39, 0.29) is 5.69 Å². The lowest BCUT2D eigenvalue weighted by atomic mass is 10.1. The highest BCUT2D eigenvalue weighted by Gasteiger charge is 2.10. The summed E-state index contributed by atoms with van der Waals surface area (Å²) in [5, 5.41) is 23.5. The normalized spacial score (nSPS) is 12.5. The predicted molar refractivity (Wildman–Crippen MR) is 71.8 cm³/mol. The number of hydrogen-bond acceptors (Lipinski definition) is 4. The SMILES string of the molecule is Cc1cc([N+](=O)[O-])ccc1NCC(O)CC(C)C. The molecule has 0 saturated carbocycles. The number of anilines is 1. The van der Waals surface area contributed by atoms with E-state index >= 15 is 0 Å². The van der Waals surface area contributed by atoms with Gasteiger partial charge in [-0.1, -0.05) is 13.8 Å². The Morgan fingerprint density at radius 1 is 1.44 bits per heavy atom. The molecule has 0 aliphatic rings. The van der Waals surface area contributed by atoms with Gasteiger partial charge in [0.1, 0.15) is 0 Å². The van der Waals surface area contributed by atoms with Crippen LogP contribution in [0.2, 0.25) is 0 Å².